The van der Waals surface area contributed by atoms with Crippen molar-refractivity contribution in [1.82, 2.24) is 9.80 Å². The number of benzene rings is 2. The number of rotatable bonds is 6. The average Bonchev–Trinajstić information content (AvgIpc) is 2.59. The van der Waals surface area contributed by atoms with Crippen molar-refractivity contribution in [2.45, 2.75) is 26.2 Å². The molecule has 0 atom stereocenters. The topological polar surface area (TPSA) is 23.6 Å². The third-order valence-electron chi connectivity index (χ3n) is 4.08. The molecule has 146 valence electrons. The van der Waals surface area contributed by atoms with Gasteiger partial charge in [0.1, 0.15) is 5.82 Å². The average molecular weight is 382 g/mol. The summed E-state index contributed by atoms with van der Waals surface area (Å²) in [7, 11) is 3.92. The highest BCUT2D eigenvalue weighted by Crippen LogP contribution is 2.32. The van der Waals surface area contributed by atoms with Gasteiger partial charge in [0.15, 0.2) is 0 Å². The lowest BCUT2D eigenvalue weighted by atomic mass is 10.1. The van der Waals surface area contributed by atoms with Crippen LogP contribution in [0.15, 0.2) is 42.5 Å². The first-order valence-electron chi connectivity index (χ1n) is 8.50. The number of carbonyl (C=O) groups excluding carboxylic acids is 1. The lowest BCUT2D eigenvalue weighted by Crippen LogP contribution is -2.30. The maximum Gasteiger partial charge on any atom is 0.419 e. The van der Waals surface area contributed by atoms with Crippen molar-refractivity contribution in [3.63, 3.8) is 0 Å². The van der Waals surface area contributed by atoms with Crippen LogP contribution < -0.4 is 0 Å². The molecule has 0 saturated carbocycles. The maximum atomic E-state index is 13.4. The zero-order chi connectivity index (χ0) is 20.2. The largest absolute Gasteiger partial charge is 0.419 e. The minimum absolute atomic E-state index is 0.185. The van der Waals surface area contributed by atoms with Crippen LogP contribution in [0.1, 0.15) is 34.0 Å². The van der Waals surface area contributed by atoms with Gasteiger partial charge in [-0.2, -0.15) is 13.2 Å². The van der Waals surface area contributed by atoms with Gasteiger partial charge in [-0.1, -0.05) is 24.3 Å². The summed E-state index contributed by atoms with van der Waals surface area (Å²) in [4.78, 5) is 16.1. The van der Waals surface area contributed by atoms with Gasteiger partial charge in [-0.3, -0.25) is 4.79 Å². The van der Waals surface area contributed by atoms with Gasteiger partial charge in [0.25, 0.3) is 5.91 Å². The number of alkyl halides is 3. The zero-order valence-electron chi connectivity index (χ0n) is 15.5. The van der Waals surface area contributed by atoms with Gasteiger partial charge in [0.2, 0.25) is 0 Å². The van der Waals surface area contributed by atoms with E-state index >= 15 is 0 Å². The molecular weight excluding hydrogens is 360 g/mol. The lowest BCUT2D eigenvalue weighted by Gasteiger charge is -2.22. The first kappa shape index (κ1) is 20.9. The van der Waals surface area contributed by atoms with Gasteiger partial charge in [-0.15, -0.1) is 0 Å². The van der Waals surface area contributed by atoms with Crippen LogP contribution in [0.25, 0.3) is 0 Å². The number of carbonyl (C=O) groups is 1. The Kier molecular flexibility index (Phi) is 6.59. The Morgan fingerprint density at radius 3 is 2.00 bits per heavy atom. The molecule has 0 aromatic heterocycles. The summed E-state index contributed by atoms with van der Waals surface area (Å²) in [6.45, 7) is 3.10. The van der Waals surface area contributed by atoms with E-state index in [1.807, 2.05) is 43.3 Å². The minimum atomic E-state index is -4.85. The Hall–Kier alpha value is -2.41. The van der Waals surface area contributed by atoms with Crippen molar-refractivity contribution in [3.05, 3.63) is 70.5 Å². The van der Waals surface area contributed by atoms with Crippen molar-refractivity contribution in [3.8, 4) is 0 Å². The second-order valence-electron chi connectivity index (χ2n) is 6.57. The van der Waals surface area contributed by atoms with Gasteiger partial charge < -0.3 is 9.80 Å². The third-order valence-corrected chi connectivity index (χ3v) is 4.08. The molecular formula is C20H22F4N2O. The first-order chi connectivity index (χ1) is 12.6. The van der Waals surface area contributed by atoms with Crippen molar-refractivity contribution in [2.24, 2.45) is 0 Å². The molecule has 1 amide bonds. The summed E-state index contributed by atoms with van der Waals surface area (Å²) in [6.07, 6.45) is -4.85. The second-order valence-corrected chi connectivity index (χ2v) is 6.57. The van der Waals surface area contributed by atoms with Crippen molar-refractivity contribution in [2.75, 3.05) is 20.6 Å². The van der Waals surface area contributed by atoms with Crippen LogP contribution in [0.2, 0.25) is 0 Å². The van der Waals surface area contributed by atoms with Gasteiger partial charge in [0.05, 0.1) is 5.56 Å². The van der Waals surface area contributed by atoms with E-state index in [4.69, 9.17) is 0 Å². The highest BCUT2D eigenvalue weighted by Gasteiger charge is 2.35. The summed E-state index contributed by atoms with van der Waals surface area (Å²) in [5, 5.41) is 0. The van der Waals surface area contributed by atoms with E-state index in [-0.39, 0.29) is 12.1 Å². The summed E-state index contributed by atoms with van der Waals surface area (Å²) in [5.74, 6) is -1.96. The third kappa shape index (κ3) is 5.53. The fraction of sp³-hybridized carbons (Fsp3) is 0.350. The Morgan fingerprint density at radius 1 is 0.963 bits per heavy atom. The maximum absolute atomic E-state index is 13.4. The zero-order valence-corrected chi connectivity index (χ0v) is 15.5. The molecule has 2 aromatic rings. The Morgan fingerprint density at radius 2 is 1.52 bits per heavy atom. The van der Waals surface area contributed by atoms with E-state index in [2.05, 4.69) is 0 Å². The van der Waals surface area contributed by atoms with Crippen LogP contribution in [0, 0.1) is 5.82 Å². The molecule has 0 radical (unpaired) electrons. The van der Waals surface area contributed by atoms with Gasteiger partial charge in [0, 0.05) is 25.2 Å². The monoisotopic (exact) mass is 382 g/mol. The summed E-state index contributed by atoms with van der Waals surface area (Å²) in [6, 6.07) is 10.0. The van der Waals surface area contributed by atoms with Gasteiger partial charge in [-0.05, 0) is 50.3 Å². The fourth-order valence-corrected chi connectivity index (χ4v) is 2.72. The van der Waals surface area contributed by atoms with E-state index in [9.17, 15) is 22.4 Å². The Labute approximate surface area is 156 Å². The molecule has 2 aromatic carbocycles. The van der Waals surface area contributed by atoms with Crippen molar-refractivity contribution in [1.29, 1.82) is 0 Å². The molecule has 27 heavy (non-hydrogen) atoms. The van der Waals surface area contributed by atoms with E-state index in [0.29, 0.717) is 18.7 Å². The lowest BCUT2D eigenvalue weighted by molar-refractivity contribution is -0.140. The molecule has 0 unspecified atom stereocenters. The molecule has 0 spiro atoms. The molecule has 0 N–H and O–H groups in total. The van der Waals surface area contributed by atoms with Crippen LogP contribution in [0.3, 0.4) is 0 Å². The van der Waals surface area contributed by atoms with Crippen molar-refractivity contribution >= 4 is 5.91 Å². The van der Waals surface area contributed by atoms with Crippen LogP contribution in [0.5, 0.6) is 0 Å². The van der Waals surface area contributed by atoms with E-state index < -0.39 is 23.5 Å². The first-order valence-corrected chi connectivity index (χ1v) is 8.50. The molecule has 7 heteroatoms. The van der Waals surface area contributed by atoms with Crippen LogP contribution in [-0.2, 0) is 19.3 Å². The van der Waals surface area contributed by atoms with Crippen molar-refractivity contribution < 1.29 is 22.4 Å². The standard InChI is InChI=1S/C20H22F4N2O/c1-4-26(13-15-7-5-14(6-8-15)12-25(2)3)19(27)16-9-10-18(21)17(11-16)20(22,23)24/h5-11H,4,12-13H2,1-3H3. The molecule has 2 rings (SSSR count). The highest BCUT2D eigenvalue weighted by molar-refractivity contribution is 5.94. The van der Waals surface area contributed by atoms with Crippen LogP contribution in [-0.4, -0.2) is 36.3 Å². The number of amides is 1. The molecule has 0 fully saturated rings. The number of hydrogen-bond acceptors (Lipinski definition) is 2. The van der Waals surface area contributed by atoms with Gasteiger partial charge in [-0.25, -0.2) is 4.39 Å². The normalized spacial score (nSPS) is 11.7. The summed E-state index contributed by atoms with van der Waals surface area (Å²) < 4.78 is 52.1. The molecule has 0 aliphatic carbocycles. The number of halogens is 4. The van der Waals surface area contributed by atoms with E-state index in [1.54, 1.807) is 6.92 Å². The minimum Gasteiger partial charge on any atom is -0.335 e. The number of nitrogens with zero attached hydrogens (tertiary/aromatic N) is 2. The van der Waals surface area contributed by atoms with Crippen LogP contribution in [0.4, 0.5) is 17.6 Å². The highest BCUT2D eigenvalue weighted by atomic mass is 19.4. The summed E-state index contributed by atoms with van der Waals surface area (Å²) >= 11 is 0. The second kappa shape index (κ2) is 8.52. The Bertz CT molecular complexity index is 786. The van der Waals surface area contributed by atoms with Gasteiger partial charge >= 0.3 is 6.18 Å². The molecule has 0 heterocycles. The fourth-order valence-electron chi connectivity index (χ4n) is 2.72. The predicted molar refractivity (Wildman–Crippen MR) is 95.6 cm³/mol. The SMILES string of the molecule is CCN(Cc1ccc(CN(C)C)cc1)C(=O)c1ccc(F)c(C(F)(F)F)c1. The number of hydrogen-bond donors (Lipinski definition) is 0. The molecule has 0 aliphatic rings. The molecule has 3 nitrogen and oxygen atoms in total. The molecule has 0 aliphatic heterocycles. The van der Waals surface area contributed by atoms with E-state index in [0.717, 1.165) is 23.7 Å². The van der Waals surface area contributed by atoms with Crippen LogP contribution >= 0.6 is 0 Å². The molecule has 0 bridgehead atoms. The predicted octanol–water partition coefficient (Wildman–Crippen LogP) is 4.57. The quantitative estimate of drug-likeness (QED) is 0.684. The smallest absolute Gasteiger partial charge is 0.335 e. The van der Waals surface area contributed by atoms with E-state index in [1.165, 1.54) is 4.90 Å². The molecule has 0 saturated heterocycles. The Balaban J connectivity index is 2.19. The summed E-state index contributed by atoms with van der Waals surface area (Å²) in [5.41, 5.74) is 0.365.